The molecule has 0 aromatic carbocycles. The van der Waals surface area contributed by atoms with Gasteiger partial charge in [-0.2, -0.15) is 5.10 Å². The van der Waals surface area contributed by atoms with Crippen LogP contribution in [0.4, 0.5) is 17.3 Å². The Hall–Kier alpha value is -4.21. The molecule has 0 saturated carbocycles. The molecule has 1 aliphatic heterocycles. The molecule has 5 aromatic heterocycles. The van der Waals surface area contributed by atoms with E-state index in [1.54, 1.807) is 10.9 Å². The van der Waals surface area contributed by atoms with Gasteiger partial charge in [-0.25, -0.2) is 19.5 Å². The molecule has 0 radical (unpaired) electrons. The minimum atomic E-state index is 0.527. The lowest BCUT2D eigenvalue weighted by molar-refractivity contribution is 0.770. The Morgan fingerprint density at radius 1 is 0.971 bits per heavy atom. The van der Waals surface area contributed by atoms with Crippen molar-refractivity contribution in [3.8, 4) is 22.9 Å². The van der Waals surface area contributed by atoms with Crippen LogP contribution in [0.15, 0.2) is 49.2 Å². The summed E-state index contributed by atoms with van der Waals surface area (Å²) in [6.45, 7) is 4.25. The molecule has 0 spiro atoms. The van der Waals surface area contributed by atoms with Gasteiger partial charge < -0.3 is 14.8 Å². The van der Waals surface area contributed by atoms with E-state index >= 15 is 0 Å². The van der Waals surface area contributed by atoms with Crippen molar-refractivity contribution in [3.05, 3.63) is 54.7 Å². The zero-order chi connectivity index (χ0) is 23.2. The summed E-state index contributed by atoms with van der Waals surface area (Å²) >= 11 is 0. The summed E-state index contributed by atoms with van der Waals surface area (Å²) in [6, 6.07) is 6.12. The van der Waals surface area contributed by atoms with E-state index in [0.717, 1.165) is 46.9 Å². The number of imidazole rings is 1. The van der Waals surface area contributed by atoms with Crippen molar-refractivity contribution in [1.82, 2.24) is 38.9 Å². The van der Waals surface area contributed by atoms with E-state index in [1.807, 2.05) is 60.1 Å². The summed E-state index contributed by atoms with van der Waals surface area (Å²) < 4.78 is 5.56. The summed E-state index contributed by atoms with van der Waals surface area (Å²) in [5.74, 6) is 2.62. The van der Waals surface area contributed by atoms with Gasteiger partial charge in [0, 0.05) is 57.5 Å². The van der Waals surface area contributed by atoms with Crippen molar-refractivity contribution in [2.75, 3.05) is 23.3 Å². The number of fused-ring (bicyclic) bond motifs is 1. The first-order valence-corrected chi connectivity index (χ1v) is 11.4. The molecule has 5 aromatic rings. The largest absolute Gasteiger partial charge is 0.370 e. The summed E-state index contributed by atoms with van der Waals surface area (Å²) in [4.78, 5) is 16.4. The molecular formula is C24H26N10. The van der Waals surface area contributed by atoms with Crippen molar-refractivity contribution in [2.24, 2.45) is 14.1 Å². The second kappa shape index (κ2) is 7.98. The minimum absolute atomic E-state index is 0.527. The van der Waals surface area contributed by atoms with Gasteiger partial charge >= 0.3 is 0 Å². The van der Waals surface area contributed by atoms with Crippen LogP contribution in [0.25, 0.3) is 28.4 Å². The number of rotatable bonds is 5. The van der Waals surface area contributed by atoms with Crippen LogP contribution in [0, 0.1) is 6.92 Å². The van der Waals surface area contributed by atoms with Gasteiger partial charge in [0.05, 0.1) is 17.6 Å². The molecule has 0 unspecified atom stereocenters. The van der Waals surface area contributed by atoms with E-state index in [0.29, 0.717) is 17.5 Å². The van der Waals surface area contributed by atoms with E-state index in [4.69, 9.17) is 10.1 Å². The highest BCUT2D eigenvalue weighted by Crippen LogP contribution is 2.32. The lowest BCUT2D eigenvalue weighted by atomic mass is 10.1. The Morgan fingerprint density at radius 2 is 1.82 bits per heavy atom. The molecule has 172 valence electrons. The number of pyridine rings is 1. The maximum Gasteiger partial charge on any atom is 0.218 e. The number of hydrogen-bond acceptors (Lipinski definition) is 7. The second-order valence-corrected chi connectivity index (χ2v) is 8.70. The SMILES string of the molecule is Cc1c(-c2ccn(C)n2)cn2nc(-c3nccn3C)nc(Nc3ccc(N4CCCC4)cn3)c12. The Kier molecular flexibility index (Phi) is 4.79. The molecule has 10 nitrogen and oxygen atoms in total. The van der Waals surface area contributed by atoms with Gasteiger partial charge in [-0.3, -0.25) is 4.68 Å². The molecular weight excluding hydrogens is 428 g/mol. The number of aryl methyl sites for hydroxylation is 3. The molecule has 6 heterocycles. The van der Waals surface area contributed by atoms with Gasteiger partial charge in [0.25, 0.3) is 0 Å². The first-order valence-electron chi connectivity index (χ1n) is 11.4. The summed E-state index contributed by atoms with van der Waals surface area (Å²) in [6.07, 6.45) is 12.0. The highest BCUT2D eigenvalue weighted by atomic mass is 15.3. The van der Waals surface area contributed by atoms with Crippen molar-refractivity contribution >= 4 is 22.8 Å². The van der Waals surface area contributed by atoms with Crippen LogP contribution >= 0.6 is 0 Å². The predicted octanol–water partition coefficient (Wildman–Crippen LogP) is 3.58. The molecule has 1 N–H and O–H groups in total. The van der Waals surface area contributed by atoms with E-state index < -0.39 is 0 Å². The van der Waals surface area contributed by atoms with E-state index in [-0.39, 0.29) is 0 Å². The Bertz CT molecular complexity index is 1470. The van der Waals surface area contributed by atoms with Gasteiger partial charge in [-0.15, -0.1) is 5.10 Å². The quantitative estimate of drug-likeness (QED) is 0.434. The Labute approximate surface area is 196 Å². The number of nitrogens with zero attached hydrogens (tertiary/aromatic N) is 9. The monoisotopic (exact) mass is 454 g/mol. The third-order valence-corrected chi connectivity index (χ3v) is 6.36. The molecule has 10 heteroatoms. The fourth-order valence-corrected chi connectivity index (χ4v) is 4.55. The standard InChI is InChI=1S/C24H26N10/c1-16-18(19-8-12-32(3)29-19)15-34-21(16)22(28-23(30-34)24-25-9-13-31(24)2)27-20-7-6-17(14-26-20)33-10-4-5-11-33/h6-9,12-15H,4-5,10-11H2,1-3H3,(H,26,27,28,30). The molecule has 0 aliphatic carbocycles. The topological polar surface area (TPSA) is 94.0 Å². The van der Waals surface area contributed by atoms with Crippen LogP contribution in [-0.2, 0) is 14.1 Å². The van der Waals surface area contributed by atoms with E-state index in [9.17, 15) is 0 Å². The summed E-state index contributed by atoms with van der Waals surface area (Å²) in [5.41, 5.74) is 4.97. The van der Waals surface area contributed by atoms with Gasteiger partial charge in [0.15, 0.2) is 11.6 Å². The summed E-state index contributed by atoms with van der Waals surface area (Å²) in [5, 5.41) is 12.8. The van der Waals surface area contributed by atoms with Crippen LogP contribution in [0.3, 0.4) is 0 Å². The third kappa shape index (κ3) is 3.47. The van der Waals surface area contributed by atoms with Crippen molar-refractivity contribution in [2.45, 2.75) is 19.8 Å². The minimum Gasteiger partial charge on any atom is -0.370 e. The average Bonchev–Trinajstić information content (AvgIpc) is 3.62. The van der Waals surface area contributed by atoms with Crippen LogP contribution in [0.1, 0.15) is 18.4 Å². The smallest absolute Gasteiger partial charge is 0.218 e. The number of aromatic nitrogens is 8. The van der Waals surface area contributed by atoms with Crippen LogP contribution in [0.2, 0.25) is 0 Å². The lowest BCUT2D eigenvalue weighted by Gasteiger charge is -2.17. The fourth-order valence-electron chi connectivity index (χ4n) is 4.55. The summed E-state index contributed by atoms with van der Waals surface area (Å²) in [7, 11) is 3.85. The Balaban J connectivity index is 1.45. The first-order chi connectivity index (χ1) is 16.6. The molecule has 1 fully saturated rings. The van der Waals surface area contributed by atoms with Gasteiger partial charge in [0.2, 0.25) is 5.82 Å². The molecule has 0 bridgehead atoms. The Morgan fingerprint density at radius 3 is 2.50 bits per heavy atom. The van der Waals surface area contributed by atoms with E-state index in [1.165, 1.54) is 12.8 Å². The average molecular weight is 455 g/mol. The van der Waals surface area contributed by atoms with Gasteiger partial charge in [-0.05, 0) is 43.5 Å². The van der Waals surface area contributed by atoms with Crippen LogP contribution in [0.5, 0.6) is 0 Å². The first kappa shape index (κ1) is 20.4. The van der Waals surface area contributed by atoms with Gasteiger partial charge in [-0.1, -0.05) is 0 Å². The molecule has 34 heavy (non-hydrogen) atoms. The van der Waals surface area contributed by atoms with Crippen molar-refractivity contribution in [1.29, 1.82) is 0 Å². The number of nitrogens with one attached hydrogen (secondary N) is 1. The zero-order valence-electron chi connectivity index (χ0n) is 19.5. The zero-order valence-corrected chi connectivity index (χ0v) is 19.5. The van der Waals surface area contributed by atoms with Crippen molar-refractivity contribution in [3.63, 3.8) is 0 Å². The number of hydrogen-bond donors (Lipinski definition) is 1. The maximum absolute atomic E-state index is 4.87. The van der Waals surface area contributed by atoms with Crippen molar-refractivity contribution < 1.29 is 0 Å². The number of anilines is 3. The molecule has 6 rings (SSSR count). The molecule has 0 amide bonds. The fraction of sp³-hybridized carbons (Fsp3) is 0.292. The highest BCUT2D eigenvalue weighted by molar-refractivity contribution is 5.84. The lowest BCUT2D eigenvalue weighted by Crippen LogP contribution is -2.17. The maximum atomic E-state index is 4.87. The highest BCUT2D eigenvalue weighted by Gasteiger charge is 2.20. The van der Waals surface area contributed by atoms with Gasteiger partial charge in [0.1, 0.15) is 11.3 Å². The third-order valence-electron chi connectivity index (χ3n) is 6.36. The molecule has 1 saturated heterocycles. The molecule has 0 atom stereocenters. The van der Waals surface area contributed by atoms with E-state index in [2.05, 4.69) is 38.3 Å². The van der Waals surface area contributed by atoms with Crippen LogP contribution < -0.4 is 10.2 Å². The van der Waals surface area contributed by atoms with Crippen LogP contribution in [-0.4, -0.2) is 52.0 Å². The normalized spacial score (nSPS) is 13.8. The predicted molar refractivity (Wildman–Crippen MR) is 131 cm³/mol. The second-order valence-electron chi connectivity index (χ2n) is 8.70. The molecule has 1 aliphatic rings.